The number of carboxylic acids is 1. The SMILES string of the molecule is CCCC1(NCc2ccc(C(=O)O)cc2)CCOC1. The van der Waals surface area contributed by atoms with Crippen LogP contribution in [0.25, 0.3) is 0 Å². The summed E-state index contributed by atoms with van der Waals surface area (Å²) in [5.41, 5.74) is 1.53. The van der Waals surface area contributed by atoms with Crippen LogP contribution in [0, 0.1) is 0 Å². The lowest BCUT2D eigenvalue weighted by Gasteiger charge is -2.28. The van der Waals surface area contributed by atoms with E-state index >= 15 is 0 Å². The van der Waals surface area contributed by atoms with Crippen LogP contribution in [0.3, 0.4) is 0 Å². The van der Waals surface area contributed by atoms with Crippen molar-refractivity contribution >= 4 is 5.97 Å². The molecule has 1 aliphatic rings. The first-order chi connectivity index (χ1) is 9.15. The lowest BCUT2D eigenvalue weighted by molar-refractivity contribution is 0.0697. The minimum atomic E-state index is -0.883. The smallest absolute Gasteiger partial charge is 0.335 e. The molecule has 2 N–H and O–H groups in total. The predicted molar refractivity (Wildman–Crippen MR) is 73.3 cm³/mol. The molecule has 0 aliphatic carbocycles. The number of hydrogen-bond donors (Lipinski definition) is 2. The number of rotatable bonds is 6. The van der Waals surface area contributed by atoms with Crippen LogP contribution in [0.5, 0.6) is 0 Å². The molecule has 2 rings (SSSR count). The maximum Gasteiger partial charge on any atom is 0.335 e. The average molecular weight is 263 g/mol. The third kappa shape index (κ3) is 3.55. The molecule has 1 heterocycles. The molecular weight excluding hydrogens is 242 g/mol. The van der Waals surface area contributed by atoms with Gasteiger partial charge < -0.3 is 15.2 Å². The molecule has 1 aliphatic heterocycles. The fraction of sp³-hybridized carbons (Fsp3) is 0.533. The minimum absolute atomic E-state index is 0.0974. The van der Waals surface area contributed by atoms with Gasteiger partial charge in [-0.3, -0.25) is 0 Å². The van der Waals surface area contributed by atoms with E-state index in [1.807, 2.05) is 12.1 Å². The quantitative estimate of drug-likeness (QED) is 0.827. The second kappa shape index (κ2) is 6.17. The van der Waals surface area contributed by atoms with Crippen LogP contribution in [0.4, 0.5) is 0 Å². The van der Waals surface area contributed by atoms with Crippen molar-refractivity contribution in [2.24, 2.45) is 0 Å². The molecule has 19 heavy (non-hydrogen) atoms. The predicted octanol–water partition coefficient (Wildman–Crippen LogP) is 2.43. The zero-order valence-electron chi connectivity index (χ0n) is 11.3. The van der Waals surface area contributed by atoms with Gasteiger partial charge in [0.05, 0.1) is 12.2 Å². The Balaban J connectivity index is 1.95. The van der Waals surface area contributed by atoms with E-state index in [9.17, 15) is 4.79 Å². The summed E-state index contributed by atoms with van der Waals surface area (Å²) in [5.74, 6) is -0.883. The molecule has 1 saturated heterocycles. The Kier molecular flexibility index (Phi) is 4.56. The highest BCUT2D eigenvalue weighted by molar-refractivity contribution is 5.87. The summed E-state index contributed by atoms with van der Waals surface area (Å²) >= 11 is 0. The van der Waals surface area contributed by atoms with Crippen molar-refractivity contribution in [2.75, 3.05) is 13.2 Å². The fourth-order valence-corrected chi connectivity index (χ4v) is 2.57. The first-order valence-corrected chi connectivity index (χ1v) is 6.80. The molecule has 0 aromatic heterocycles. The largest absolute Gasteiger partial charge is 0.478 e. The second-order valence-corrected chi connectivity index (χ2v) is 5.19. The standard InChI is InChI=1S/C15H21NO3/c1-2-7-15(8-9-19-11-15)16-10-12-3-5-13(6-4-12)14(17)18/h3-6,16H,2,7-11H2,1H3,(H,17,18). The number of carbonyl (C=O) groups is 1. The average Bonchev–Trinajstić information content (AvgIpc) is 2.86. The van der Waals surface area contributed by atoms with Crippen LogP contribution < -0.4 is 5.32 Å². The second-order valence-electron chi connectivity index (χ2n) is 5.19. The Morgan fingerprint density at radius 3 is 2.68 bits per heavy atom. The Labute approximate surface area is 113 Å². The molecule has 0 radical (unpaired) electrons. The van der Waals surface area contributed by atoms with Gasteiger partial charge in [0.25, 0.3) is 0 Å². The molecule has 1 aromatic carbocycles. The maximum absolute atomic E-state index is 10.8. The third-order valence-corrected chi connectivity index (χ3v) is 3.70. The summed E-state index contributed by atoms with van der Waals surface area (Å²) in [4.78, 5) is 10.8. The Morgan fingerprint density at radius 2 is 2.16 bits per heavy atom. The van der Waals surface area contributed by atoms with Crippen molar-refractivity contribution in [1.29, 1.82) is 0 Å². The molecule has 1 atom stereocenters. The zero-order chi connectivity index (χ0) is 13.7. The van der Waals surface area contributed by atoms with Crippen molar-refractivity contribution in [3.05, 3.63) is 35.4 Å². The highest BCUT2D eigenvalue weighted by Gasteiger charge is 2.33. The molecule has 4 nitrogen and oxygen atoms in total. The van der Waals surface area contributed by atoms with Gasteiger partial charge >= 0.3 is 5.97 Å². The van der Waals surface area contributed by atoms with Crippen molar-refractivity contribution in [2.45, 2.75) is 38.3 Å². The molecule has 1 unspecified atom stereocenters. The molecule has 104 valence electrons. The van der Waals surface area contributed by atoms with E-state index in [2.05, 4.69) is 12.2 Å². The zero-order valence-corrected chi connectivity index (χ0v) is 11.3. The summed E-state index contributed by atoms with van der Waals surface area (Å²) in [6.07, 6.45) is 3.29. The van der Waals surface area contributed by atoms with Crippen LogP contribution in [0.15, 0.2) is 24.3 Å². The lowest BCUT2D eigenvalue weighted by atomic mass is 9.92. The van der Waals surface area contributed by atoms with Crippen molar-refractivity contribution in [1.82, 2.24) is 5.32 Å². The van der Waals surface area contributed by atoms with Gasteiger partial charge in [-0.15, -0.1) is 0 Å². The van der Waals surface area contributed by atoms with E-state index in [1.165, 1.54) is 0 Å². The van der Waals surface area contributed by atoms with Crippen molar-refractivity contribution < 1.29 is 14.6 Å². The monoisotopic (exact) mass is 263 g/mol. The van der Waals surface area contributed by atoms with Gasteiger partial charge in [-0.2, -0.15) is 0 Å². The Morgan fingerprint density at radius 1 is 1.42 bits per heavy atom. The summed E-state index contributed by atoms with van der Waals surface area (Å²) in [5, 5.41) is 12.4. The molecule has 1 fully saturated rings. The highest BCUT2D eigenvalue weighted by atomic mass is 16.5. The van der Waals surface area contributed by atoms with Gasteiger partial charge in [0, 0.05) is 18.7 Å². The first kappa shape index (κ1) is 14.0. The lowest BCUT2D eigenvalue weighted by Crippen LogP contribution is -2.45. The molecule has 1 aromatic rings. The van der Waals surface area contributed by atoms with E-state index in [1.54, 1.807) is 12.1 Å². The highest BCUT2D eigenvalue weighted by Crippen LogP contribution is 2.24. The topological polar surface area (TPSA) is 58.6 Å². The number of nitrogens with one attached hydrogen (secondary N) is 1. The maximum atomic E-state index is 10.8. The van der Waals surface area contributed by atoms with Gasteiger partial charge in [0.2, 0.25) is 0 Å². The van der Waals surface area contributed by atoms with Crippen LogP contribution >= 0.6 is 0 Å². The number of hydrogen-bond acceptors (Lipinski definition) is 3. The Bertz CT molecular complexity index is 422. The molecular formula is C15H21NO3. The van der Waals surface area contributed by atoms with E-state index in [4.69, 9.17) is 9.84 Å². The normalized spacial score (nSPS) is 22.6. The number of ether oxygens (including phenoxy) is 1. The van der Waals surface area contributed by atoms with Crippen molar-refractivity contribution in [3.63, 3.8) is 0 Å². The van der Waals surface area contributed by atoms with Gasteiger partial charge in [-0.05, 0) is 30.5 Å². The molecule has 0 bridgehead atoms. The van der Waals surface area contributed by atoms with E-state index in [0.29, 0.717) is 5.56 Å². The molecule has 4 heteroatoms. The van der Waals surface area contributed by atoms with Crippen molar-refractivity contribution in [3.8, 4) is 0 Å². The minimum Gasteiger partial charge on any atom is -0.478 e. The van der Waals surface area contributed by atoms with Crippen LogP contribution in [-0.4, -0.2) is 29.8 Å². The van der Waals surface area contributed by atoms with Crippen LogP contribution in [0.2, 0.25) is 0 Å². The van der Waals surface area contributed by atoms with Gasteiger partial charge in [0.15, 0.2) is 0 Å². The van der Waals surface area contributed by atoms with Gasteiger partial charge in [-0.1, -0.05) is 25.5 Å². The van der Waals surface area contributed by atoms with Gasteiger partial charge in [0.1, 0.15) is 0 Å². The third-order valence-electron chi connectivity index (χ3n) is 3.70. The summed E-state index contributed by atoms with van der Waals surface area (Å²) < 4.78 is 5.51. The van der Waals surface area contributed by atoms with Crippen LogP contribution in [-0.2, 0) is 11.3 Å². The molecule has 0 spiro atoms. The number of benzene rings is 1. The number of carboxylic acid groups (broad SMARTS) is 1. The fourth-order valence-electron chi connectivity index (χ4n) is 2.57. The summed E-state index contributed by atoms with van der Waals surface area (Å²) in [6.45, 7) is 4.53. The van der Waals surface area contributed by atoms with Crippen LogP contribution in [0.1, 0.15) is 42.1 Å². The Hall–Kier alpha value is -1.39. The summed E-state index contributed by atoms with van der Waals surface area (Å²) in [6, 6.07) is 7.03. The van der Waals surface area contributed by atoms with E-state index in [0.717, 1.165) is 44.6 Å². The summed E-state index contributed by atoms with van der Waals surface area (Å²) in [7, 11) is 0. The van der Waals surface area contributed by atoms with E-state index in [-0.39, 0.29) is 5.54 Å². The molecule has 0 saturated carbocycles. The number of aromatic carboxylic acids is 1. The van der Waals surface area contributed by atoms with E-state index < -0.39 is 5.97 Å². The molecule has 0 amide bonds. The first-order valence-electron chi connectivity index (χ1n) is 6.80. The van der Waals surface area contributed by atoms with Gasteiger partial charge in [-0.25, -0.2) is 4.79 Å².